The molecule has 42 heavy (non-hydrogen) atoms. The first kappa shape index (κ1) is 29.4. The summed E-state index contributed by atoms with van der Waals surface area (Å²) < 4.78 is 75.4. The van der Waals surface area contributed by atoms with Gasteiger partial charge in [0.1, 0.15) is 5.75 Å². The lowest BCUT2D eigenvalue weighted by atomic mass is 9.96. The van der Waals surface area contributed by atoms with Gasteiger partial charge in [0.2, 0.25) is 10.0 Å². The van der Waals surface area contributed by atoms with Gasteiger partial charge in [-0.2, -0.15) is 13.2 Å². The van der Waals surface area contributed by atoms with Crippen LogP contribution in [0.2, 0.25) is 0 Å². The van der Waals surface area contributed by atoms with E-state index in [-0.39, 0.29) is 17.1 Å². The van der Waals surface area contributed by atoms with E-state index in [4.69, 9.17) is 17.0 Å². The number of ether oxygens (including phenoxy) is 1. The summed E-state index contributed by atoms with van der Waals surface area (Å²) in [5.41, 5.74) is 2.78. The van der Waals surface area contributed by atoms with Gasteiger partial charge in [0.25, 0.3) is 0 Å². The normalized spacial score (nSPS) is 17.3. The first-order chi connectivity index (χ1) is 19.8. The molecule has 3 heterocycles. The molecule has 2 aromatic carbocycles. The van der Waals surface area contributed by atoms with Crippen LogP contribution in [0.25, 0.3) is 5.69 Å². The van der Waals surface area contributed by atoms with Gasteiger partial charge in [-0.15, -0.1) is 0 Å². The van der Waals surface area contributed by atoms with Crippen molar-refractivity contribution in [3.8, 4) is 11.4 Å². The third-order valence-electron chi connectivity index (χ3n) is 7.10. The first-order valence-electron chi connectivity index (χ1n) is 12.8. The van der Waals surface area contributed by atoms with Gasteiger partial charge in [-0.25, -0.2) is 8.42 Å². The molecule has 0 unspecified atom stereocenters. The van der Waals surface area contributed by atoms with Crippen LogP contribution < -0.4 is 19.7 Å². The molecule has 2 aromatic heterocycles. The van der Waals surface area contributed by atoms with Gasteiger partial charge in [0.05, 0.1) is 48.1 Å². The summed E-state index contributed by atoms with van der Waals surface area (Å²) in [5.74, 6) is 0.269. The van der Waals surface area contributed by atoms with Crippen LogP contribution >= 0.6 is 12.2 Å². The summed E-state index contributed by atoms with van der Waals surface area (Å²) in [6, 6.07) is 16.8. The molecule has 8 nitrogen and oxygen atoms in total. The Hall–Kier alpha value is -4.10. The zero-order chi connectivity index (χ0) is 30.4. The number of nitrogens with one attached hydrogen (secondary N) is 2. The van der Waals surface area contributed by atoms with Crippen molar-refractivity contribution in [3.63, 3.8) is 0 Å². The van der Waals surface area contributed by atoms with E-state index in [1.165, 1.54) is 19.2 Å². The van der Waals surface area contributed by atoms with Gasteiger partial charge in [0.15, 0.2) is 5.11 Å². The number of pyridine rings is 1. The molecule has 0 aliphatic carbocycles. The second-order valence-electron chi connectivity index (χ2n) is 9.93. The maximum Gasteiger partial charge on any atom is 0.418 e. The molecule has 0 amide bonds. The molecule has 2 atom stereocenters. The number of methoxy groups -OCH3 is 1. The van der Waals surface area contributed by atoms with Crippen LogP contribution in [0.15, 0.2) is 72.9 Å². The Balaban J connectivity index is 1.69. The number of thiocarbonyl (C=S) groups is 1. The van der Waals surface area contributed by atoms with Crippen LogP contribution in [-0.2, 0) is 16.2 Å². The number of aromatic nitrogens is 2. The molecule has 1 aliphatic rings. The summed E-state index contributed by atoms with van der Waals surface area (Å²) in [7, 11) is -2.15. The first-order valence-corrected chi connectivity index (χ1v) is 15.1. The van der Waals surface area contributed by atoms with Crippen molar-refractivity contribution in [2.75, 3.05) is 23.0 Å². The number of hydrogen-bond acceptors (Lipinski definition) is 5. The van der Waals surface area contributed by atoms with Crippen LogP contribution in [0.1, 0.15) is 40.3 Å². The van der Waals surface area contributed by atoms with Crippen molar-refractivity contribution >= 4 is 38.7 Å². The third-order valence-corrected chi connectivity index (χ3v) is 8.00. The molecule has 1 saturated heterocycles. The predicted molar refractivity (Wildman–Crippen MR) is 160 cm³/mol. The highest BCUT2D eigenvalue weighted by Crippen LogP contribution is 2.46. The van der Waals surface area contributed by atoms with E-state index in [1.54, 1.807) is 54.9 Å². The molecule has 0 spiro atoms. The van der Waals surface area contributed by atoms with Gasteiger partial charge in [-0.1, -0.05) is 18.2 Å². The molecular weight excluding hydrogens is 587 g/mol. The van der Waals surface area contributed by atoms with Crippen LogP contribution in [-0.4, -0.2) is 36.4 Å². The van der Waals surface area contributed by atoms with Gasteiger partial charge in [0, 0.05) is 29.3 Å². The fraction of sp³-hybridized carbons (Fsp3) is 0.241. The molecule has 1 fully saturated rings. The van der Waals surface area contributed by atoms with E-state index in [0.29, 0.717) is 27.9 Å². The number of sulfonamides is 1. The second kappa shape index (κ2) is 11.0. The highest BCUT2D eigenvalue weighted by molar-refractivity contribution is 7.92. The van der Waals surface area contributed by atoms with E-state index in [0.717, 1.165) is 17.9 Å². The molecule has 1 aliphatic heterocycles. The third kappa shape index (κ3) is 5.53. The Morgan fingerprint density at radius 2 is 1.76 bits per heavy atom. The van der Waals surface area contributed by atoms with Crippen molar-refractivity contribution < 1.29 is 26.3 Å². The lowest BCUT2D eigenvalue weighted by molar-refractivity contribution is -0.137. The maximum absolute atomic E-state index is 14.0. The van der Waals surface area contributed by atoms with Crippen molar-refractivity contribution in [1.29, 1.82) is 0 Å². The Kier molecular flexibility index (Phi) is 7.66. The number of anilines is 2. The zero-order valence-electron chi connectivity index (χ0n) is 23.1. The minimum absolute atomic E-state index is 0.0265. The largest absolute Gasteiger partial charge is 0.494 e. The number of halogens is 3. The average Bonchev–Trinajstić information content (AvgIpc) is 3.42. The van der Waals surface area contributed by atoms with Gasteiger partial charge >= 0.3 is 6.18 Å². The number of para-hydroxylation sites is 1. The average molecular weight is 616 g/mol. The van der Waals surface area contributed by atoms with Crippen molar-refractivity contribution in [1.82, 2.24) is 14.9 Å². The highest BCUT2D eigenvalue weighted by atomic mass is 32.2. The summed E-state index contributed by atoms with van der Waals surface area (Å²) in [5, 5.41) is 3.71. The van der Waals surface area contributed by atoms with Crippen molar-refractivity contribution in [3.05, 3.63) is 101 Å². The van der Waals surface area contributed by atoms with E-state index >= 15 is 0 Å². The van der Waals surface area contributed by atoms with Crippen molar-refractivity contribution in [2.45, 2.75) is 32.1 Å². The Morgan fingerprint density at radius 1 is 1.05 bits per heavy atom. The standard InChI is InChI=1S/C29H28F3N5O3S2/c1-17-15-20(18(2)36(17)24-11-6-5-9-21(24)29(30,31)32)27-26(23-10-7-8-14-33-23)34-28(41)37(27)19-12-13-22(25(16-19)40-3)35-42(4,38)39/h5-16,26-27,35H,1-4H3,(H,34,41)/t26-,27+/m1/s1. The maximum atomic E-state index is 14.0. The fourth-order valence-corrected chi connectivity index (χ4v) is 6.34. The van der Waals surface area contributed by atoms with Gasteiger partial charge < -0.3 is 19.5 Å². The minimum atomic E-state index is -4.54. The predicted octanol–water partition coefficient (Wildman–Crippen LogP) is 6.07. The Morgan fingerprint density at radius 3 is 2.40 bits per heavy atom. The van der Waals surface area contributed by atoms with Crippen LogP contribution in [0.4, 0.5) is 24.5 Å². The number of rotatable bonds is 7. The lowest BCUT2D eigenvalue weighted by Gasteiger charge is -2.29. The van der Waals surface area contributed by atoms with E-state index < -0.39 is 33.8 Å². The van der Waals surface area contributed by atoms with Gasteiger partial charge in [-0.05, 0) is 74.1 Å². The minimum Gasteiger partial charge on any atom is -0.494 e. The molecule has 13 heteroatoms. The molecule has 220 valence electrons. The SMILES string of the molecule is COc1cc(N2C(=S)N[C@H](c3ccccn3)[C@@H]2c2cc(C)n(-c3ccccc3C(F)(F)F)c2C)ccc1NS(C)(=O)=O. The van der Waals surface area contributed by atoms with Crippen LogP contribution in [0.5, 0.6) is 5.75 Å². The number of hydrogen-bond donors (Lipinski definition) is 2. The number of alkyl halides is 3. The lowest BCUT2D eigenvalue weighted by Crippen LogP contribution is -2.29. The molecule has 0 bridgehead atoms. The highest BCUT2D eigenvalue weighted by Gasteiger charge is 2.43. The number of aryl methyl sites for hydroxylation is 1. The summed E-state index contributed by atoms with van der Waals surface area (Å²) >= 11 is 5.80. The fourth-order valence-electron chi connectivity index (χ4n) is 5.43. The van der Waals surface area contributed by atoms with Crippen LogP contribution in [0.3, 0.4) is 0 Å². The Labute approximate surface area is 247 Å². The smallest absolute Gasteiger partial charge is 0.418 e. The summed E-state index contributed by atoms with van der Waals surface area (Å²) in [4.78, 5) is 6.40. The molecule has 0 radical (unpaired) electrons. The monoisotopic (exact) mass is 615 g/mol. The second-order valence-corrected chi connectivity index (χ2v) is 12.1. The Bertz CT molecular complexity index is 1760. The van der Waals surface area contributed by atoms with Crippen molar-refractivity contribution in [2.24, 2.45) is 0 Å². The van der Waals surface area contributed by atoms with Crippen LogP contribution in [0, 0.1) is 13.8 Å². The molecular formula is C29H28F3N5O3S2. The molecule has 5 rings (SSSR count). The quantitative estimate of drug-likeness (QED) is 0.244. The van der Waals surface area contributed by atoms with E-state index in [2.05, 4.69) is 15.0 Å². The number of nitrogens with zero attached hydrogens (tertiary/aromatic N) is 3. The topological polar surface area (TPSA) is 88.5 Å². The molecule has 2 N–H and O–H groups in total. The molecule has 0 saturated carbocycles. The van der Waals surface area contributed by atoms with E-state index in [1.807, 2.05) is 23.1 Å². The molecule has 4 aromatic rings. The summed E-state index contributed by atoms with van der Waals surface area (Å²) in [6.07, 6.45) is -1.84. The summed E-state index contributed by atoms with van der Waals surface area (Å²) in [6.45, 7) is 3.55. The van der Waals surface area contributed by atoms with E-state index in [9.17, 15) is 21.6 Å². The number of benzene rings is 2. The zero-order valence-corrected chi connectivity index (χ0v) is 24.7. The van der Waals surface area contributed by atoms with Gasteiger partial charge in [-0.3, -0.25) is 9.71 Å².